The highest BCUT2D eigenvalue weighted by molar-refractivity contribution is 7.93. The molecule has 11 heteroatoms. The number of carboxylic acid groups (broad SMARTS) is 1. The van der Waals surface area contributed by atoms with E-state index in [0.29, 0.717) is 10.7 Å². The van der Waals surface area contributed by atoms with Crippen LogP contribution in [0.3, 0.4) is 0 Å². The highest BCUT2D eigenvalue weighted by Gasteiger charge is 2.18. The van der Waals surface area contributed by atoms with Gasteiger partial charge in [-0.25, -0.2) is 13.2 Å². The zero-order chi connectivity index (χ0) is 20.3. The van der Waals surface area contributed by atoms with Crippen molar-refractivity contribution in [3.8, 4) is 0 Å². The fraction of sp³-hybridized carbons (Fsp3) is 0.0588. The second-order valence-corrected chi connectivity index (χ2v) is 8.43. The minimum atomic E-state index is -3.85. The molecule has 144 valence electrons. The topological polar surface area (TPSA) is 138 Å². The summed E-state index contributed by atoms with van der Waals surface area (Å²) in [5.74, 6) is -1.83. The third kappa shape index (κ3) is 4.32. The normalized spacial score (nSPS) is 11.0. The van der Waals surface area contributed by atoms with Crippen molar-refractivity contribution in [2.24, 2.45) is 0 Å². The fourth-order valence-electron chi connectivity index (χ4n) is 2.30. The molecule has 3 N–H and O–H groups in total. The monoisotopic (exact) mass is 418 g/mol. The van der Waals surface area contributed by atoms with E-state index in [1.165, 1.54) is 42.5 Å². The summed E-state index contributed by atoms with van der Waals surface area (Å²) in [5, 5.41) is 19.9. The van der Waals surface area contributed by atoms with E-state index in [1.54, 1.807) is 13.0 Å². The van der Waals surface area contributed by atoms with E-state index >= 15 is 0 Å². The lowest BCUT2D eigenvalue weighted by atomic mass is 10.1. The Labute approximate surface area is 164 Å². The Morgan fingerprint density at radius 1 is 1.00 bits per heavy atom. The van der Waals surface area contributed by atoms with E-state index < -0.39 is 21.9 Å². The molecule has 0 unspecified atom stereocenters. The van der Waals surface area contributed by atoms with Crippen molar-refractivity contribution in [2.75, 3.05) is 10.0 Å². The van der Waals surface area contributed by atoms with Gasteiger partial charge in [-0.3, -0.25) is 9.52 Å². The van der Waals surface area contributed by atoms with Crippen molar-refractivity contribution in [3.05, 3.63) is 64.7 Å². The summed E-state index contributed by atoms with van der Waals surface area (Å²) in [6.07, 6.45) is 0. The van der Waals surface area contributed by atoms with Gasteiger partial charge in [-0.15, -0.1) is 10.2 Å². The van der Waals surface area contributed by atoms with Gasteiger partial charge in [-0.2, -0.15) is 0 Å². The maximum absolute atomic E-state index is 12.4. The molecule has 0 saturated carbocycles. The number of rotatable bonds is 6. The average molecular weight is 418 g/mol. The van der Waals surface area contributed by atoms with E-state index in [2.05, 4.69) is 20.2 Å². The molecule has 3 rings (SSSR count). The molecule has 0 aliphatic rings. The van der Waals surface area contributed by atoms with Crippen LogP contribution in [0.15, 0.2) is 53.4 Å². The first-order valence-electron chi connectivity index (χ1n) is 7.83. The molecule has 0 saturated heterocycles. The van der Waals surface area contributed by atoms with Crippen LogP contribution in [-0.4, -0.2) is 35.6 Å². The number of hydrogen-bond acceptors (Lipinski definition) is 7. The smallest absolute Gasteiger partial charge is 0.336 e. The van der Waals surface area contributed by atoms with Gasteiger partial charge in [-0.05, 0) is 43.3 Å². The number of aromatic nitrogens is 2. The Morgan fingerprint density at radius 3 is 2.21 bits per heavy atom. The van der Waals surface area contributed by atoms with Gasteiger partial charge >= 0.3 is 5.97 Å². The van der Waals surface area contributed by atoms with Crippen molar-refractivity contribution >= 4 is 44.1 Å². The summed E-state index contributed by atoms with van der Waals surface area (Å²) >= 11 is 1.10. The molecule has 0 spiro atoms. The van der Waals surface area contributed by atoms with Gasteiger partial charge in [0.25, 0.3) is 15.9 Å². The van der Waals surface area contributed by atoms with Crippen LogP contribution in [0.1, 0.15) is 25.7 Å². The highest BCUT2D eigenvalue weighted by Crippen LogP contribution is 2.21. The van der Waals surface area contributed by atoms with Crippen LogP contribution in [0.5, 0.6) is 0 Å². The number of carbonyl (C=O) groups is 2. The van der Waals surface area contributed by atoms with E-state index in [9.17, 15) is 18.0 Å². The predicted octanol–water partition coefficient (Wildman–Crippen LogP) is 2.60. The van der Waals surface area contributed by atoms with Gasteiger partial charge in [0.15, 0.2) is 0 Å². The quantitative estimate of drug-likeness (QED) is 0.559. The van der Waals surface area contributed by atoms with Crippen LogP contribution in [0.4, 0.5) is 10.8 Å². The van der Waals surface area contributed by atoms with Crippen LogP contribution in [-0.2, 0) is 10.0 Å². The number of nitrogens with zero attached hydrogens (tertiary/aromatic N) is 2. The van der Waals surface area contributed by atoms with Gasteiger partial charge < -0.3 is 10.4 Å². The Hall–Kier alpha value is -3.31. The van der Waals surface area contributed by atoms with Crippen LogP contribution in [0.25, 0.3) is 0 Å². The zero-order valence-electron chi connectivity index (χ0n) is 14.4. The molecule has 28 heavy (non-hydrogen) atoms. The third-order valence-corrected chi connectivity index (χ3v) is 5.81. The van der Waals surface area contributed by atoms with Crippen LogP contribution in [0.2, 0.25) is 0 Å². The number of benzene rings is 2. The lowest BCUT2D eigenvalue weighted by Gasteiger charge is -2.09. The molecule has 3 aromatic rings. The maximum atomic E-state index is 12.4. The molecule has 9 nitrogen and oxygen atoms in total. The van der Waals surface area contributed by atoms with Gasteiger partial charge in [0.2, 0.25) is 5.13 Å². The average Bonchev–Trinajstić information content (AvgIpc) is 3.06. The minimum absolute atomic E-state index is 0.00000399. The zero-order valence-corrected chi connectivity index (χ0v) is 16.0. The standard InChI is InChI=1S/C17H14N4O5S2/c1-10-19-20-17(27-10)21-28(25,26)12-8-6-11(7-9-12)18-15(22)13-4-2-3-5-14(13)16(23)24/h2-9H,1H3,(H,18,22)(H,20,21)(H,23,24). The molecule has 1 aromatic heterocycles. The molecule has 0 aliphatic carbocycles. The maximum Gasteiger partial charge on any atom is 0.336 e. The summed E-state index contributed by atoms with van der Waals surface area (Å²) < 4.78 is 27.0. The van der Waals surface area contributed by atoms with Crippen molar-refractivity contribution in [2.45, 2.75) is 11.8 Å². The largest absolute Gasteiger partial charge is 0.478 e. The SMILES string of the molecule is Cc1nnc(NS(=O)(=O)c2ccc(NC(=O)c3ccccc3C(=O)O)cc2)s1. The first-order valence-corrected chi connectivity index (χ1v) is 10.1. The number of sulfonamides is 1. The molecule has 0 radical (unpaired) electrons. The molecule has 0 aliphatic heterocycles. The second-order valence-electron chi connectivity index (χ2n) is 5.56. The van der Waals surface area contributed by atoms with Crippen molar-refractivity contribution in [3.63, 3.8) is 0 Å². The highest BCUT2D eigenvalue weighted by atomic mass is 32.2. The lowest BCUT2D eigenvalue weighted by Crippen LogP contribution is -2.16. The van der Waals surface area contributed by atoms with E-state index in [4.69, 9.17) is 5.11 Å². The Bertz CT molecular complexity index is 1140. The summed E-state index contributed by atoms with van der Waals surface area (Å²) in [4.78, 5) is 23.5. The molecular weight excluding hydrogens is 404 g/mol. The second kappa shape index (κ2) is 7.74. The number of anilines is 2. The summed E-state index contributed by atoms with van der Waals surface area (Å²) in [5.41, 5.74) is 0.187. The Morgan fingerprint density at radius 2 is 1.64 bits per heavy atom. The number of aromatic carboxylic acids is 1. The minimum Gasteiger partial charge on any atom is -0.478 e. The number of amides is 1. The predicted molar refractivity (Wildman–Crippen MR) is 103 cm³/mol. The Balaban J connectivity index is 1.76. The number of aryl methyl sites for hydroxylation is 1. The first-order chi connectivity index (χ1) is 13.3. The van der Waals surface area contributed by atoms with Crippen molar-refractivity contribution in [1.82, 2.24) is 10.2 Å². The molecule has 0 bridgehead atoms. The lowest BCUT2D eigenvalue weighted by molar-refractivity contribution is 0.0692. The molecule has 1 heterocycles. The molecule has 0 fully saturated rings. The number of carbonyl (C=O) groups excluding carboxylic acids is 1. The van der Waals surface area contributed by atoms with Gasteiger partial charge in [0.05, 0.1) is 16.0 Å². The molecule has 0 atom stereocenters. The van der Waals surface area contributed by atoms with Crippen molar-refractivity contribution in [1.29, 1.82) is 0 Å². The summed E-state index contributed by atoms with van der Waals surface area (Å²) in [6.45, 7) is 1.70. The summed E-state index contributed by atoms with van der Waals surface area (Å²) in [7, 11) is -3.85. The van der Waals surface area contributed by atoms with Gasteiger partial charge in [0.1, 0.15) is 5.01 Å². The molecule has 1 amide bonds. The van der Waals surface area contributed by atoms with Gasteiger partial charge in [-0.1, -0.05) is 23.5 Å². The van der Waals surface area contributed by atoms with E-state index in [-0.39, 0.29) is 21.2 Å². The van der Waals surface area contributed by atoms with Gasteiger partial charge in [0, 0.05) is 5.69 Å². The van der Waals surface area contributed by atoms with E-state index in [0.717, 1.165) is 11.3 Å². The molecular formula is C17H14N4O5S2. The van der Waals surface area contributed by atoms with Crippen LogP contribution < -0.4 is 10.0 Å². The third-order valence-electron chi connectivity index (χ3n) is 3.57. The van der Waals surface area contributed by atoms with E-state index in [1.807, 2.05) is 0 Å². The number of nitrogens with one attached hydrogen (secondary N) is 2. The molecule has 2 aromatic carbocycles. The Kier molecular flexibility index (Phi) is 5.38. The van der Waals surface area contributed by atoms with Crippen molar-refractivity contribution < 1.29 is 23.1 Å². The fourth-order valence-corrected chi connectivity index (χ4v) is 4.12. The van der Waals surface area contributed by atoms with Crippen LogP contribution >= 0.6 is 11.3 Å². The summed E-state index contributed by atoms with van der Waals surface area (Å²) in [6, 6.07) is 11.2. The number of carboxylic acids is 1. The first kappa shape index (κ1) is 19.5. The van der Waals surface area contributed by atoms with Crippen LogP contribution in [0, 0.1) is 6.92 Å². The number of hydrogen-bond donors (Lipinski definition) is 3.